The SMILES string of the molecule is O=C(NCCc1ccc(CO)cc1)Nc1cnn(CC(F)F)c1. The Balaban J connectivity index is 1.73. The maximum atomic E-state index is 12.2. The van der Waals surface area contributed by atoms with Crippen LogP contribution >= 0.6 is 0 Å². The minimum Gasteiger partial charge on any atom is -0.392 e. The fraction of sp³-hybridized carbons (Fsp3) is 0.333. The number of benzene rings is 1. The van der Waals surface area contributed by atoms with Gasteiger partial charge in [-0.3, -0.25) is 4.68 Å². The van der Waals surface area contributed by atoms with E-state index in [1.807, 2.05) is 24.3 Å². The van der Waals surface area contributed by atoms with Crippen molar-refractivity contribution in [2.24, 2.45) is 0 Å². The van der Waals surface area contributed by atoms with E-state index in [9.17, 15) is 13.6 Å². The molecular weight excluding hydrogens is 306 g/mol. The second-order valence-electron chi connectivity index (χ2n) is 4.95. The lowest BCUT2D eigenvalue weighted by Gasteiger charge is -2.06. The Hall–Kier alpha value is -2.48. The largest absolute Gasteiger partial charge is 0.392 e. The third kappa shape index (κ3) is 5.67. The zero-order valence-corrected chi connectivity index (χ0v) is 12.4. The molecule has 0 aliphatic carbocycles. The predicted molar refractivity (Wildman–Crippen MR) is 81.3 cm³/mol. The van der Waals surface area contributed by atoms with Gasteiger partial charge >= 0.3 is 6.03 Å². The Labute approximate surface area is 132 Å². The summed E-state index contributed by atoms with van der Waals surface area (Å²) in [4.78, 5) is 11.7. The van der Waals surface area contributed by atoms with Gasteiger partial charge in [0, 0.05) is 12.7 Å². The molecule has 2 rings (SSSR count). The molecule has 23 heavy (non-hydrogen) atoms. The zero-order chi connectivity index (χ0) is 16.7. The Morgan fingerprint density at radius 2 is 1.96 bits per heavy atom. The maximum absolute atomic E-state index is 12.2. The van der Waals surface area contributed by atoms with Crippen molar-refractivity contribution in [3.05, 3.63) is 47.8 Å². The molecule has 0 atom stereocenters. The molecule has 0 unspecified atom stereocenters. The van der Waals surface area contributed by atoms with Crippen molar-refractivity contribution in [2.75, 3.05) is 11.9 Å². The average Bonchev–Trinajstić information content (AvgIpc) is 2.94. The Morgan fingerprint density at radius 3 is 2.61 bits per heavy atom. The molecule has 0 saturated carbocycles. The van der Waals surface area contributed by atoms with Gasteiger partial charge in [0.25, 0.3) is 6.43 Å². The third-order valence-corrected chi connectivity index (χ3v) is 3.12. The van der Waals surface area contributed by atoms with E-state index >= 15 is 0 Å². The lowest BCUT2D eigenvalue weighted by Crippen LogP contribution is -2.30. The first-order chi connectivity index (χ1) is 11.1. The van der Waals surface area contributed by atoms with Gasteiger partial charge in [0.2, 0.25) is 0 Å². The summed E-state index contributed by atoms with van der Waals surface area (Å²) >= 11 is 0. The number of rotatable bonds is 7. The van der Waals surface area contributed by atoms with Gasteiger partial charge < -0.3 is 15.7 Å². The van der Waals surface area contributed by atoms with E-state index in [0.29, 0.717) is 18.7 Å². The summed E-state index contributed by atoms with van der Waals surface area (Å²) in [6, 6.07) is 7.01. The van der Waals surface area contributed by atoms with Gasteiger partial charge in [0.1, 0.15) is 6.54 Å². The van der Waals surface area contributed by atoms with Gasteiger partial charge in [0.15, 0.2) is 0 Å². The highest BCUT2D eigenvalue weighted by Crippen LogP contribution is 2.07. The number of amides is 2. The number of aliphatic hydroxyl groups is 1. The van der Waals surface area contributed by atoms with E-state index < -0.39 is 19.0 Å². The number of halogens is 2. The summed E-state index contributed by atoms with van der Waals surface area (Å²) in [5.74, 6) is 0. The van der Waals surface area contributed by atoms with Crippen LogP contribution in [-0.2, 0) is 19.6 Å². The van der Waals surface area contributed by atoms with Crippen molar-refractivity contribution < 1.29 is 18.7 Å². The van der Waals surface area contributed by atoms with Crippen LogP contribution in [0.2, 0.25) is 0 Å². The van der Waals surface area contributed by atoms with Gasteiger partial charge in [-0.1, -0.05) is 24.3 Å². The van der Waals surface area contributed by atoms with E-state index in [1.165, 1.54) is 12.4 Å². The summed E-state index contributed by atoms with van der Waals surface area (Å²) in [6.07, 6.45) is 0.812. The minimum atomic E-state index is -2.49. The number of alkyl halides is 2. The number of hydrogen-bond donors (Lipinski definition) is 3. The van der Waals surface area contributed by atoms with Crippen molar-refractivity contribution in [2.45, 2.75) is 26.0 Å². The van der Waals surface area contributed by atoms with E-state index in [4.69, 9.17) is 5.11 Å². The number of urea groups is 1. The summed E-state index contributed by atoms with van der Waals surface area (Å²) in [5, 5.41) is 17.9. The van der Waals surface area contributed by atoms with E-state index in [-0.39, 0.29) is 6.61 Å². The normalized spacial score (nSPS) is 10.8. The molecule has 0 bridgehead atoms. The van der Waals surface area contributed by atoms with Gasteiger partial charge in [-0.2, -0.15) is 5.10 Å². The number of carbonyl (C=O) groups is 1. The van der Waals surface area contributed by atoms with E-state index in [2.05, 4.69) is 15.7 Å². The Kier molecular flexibility index (Phi) is 6.04. The Bertz CT molecular complexity index is 629. The van der Waals surface area contributed by atoms with E-state index in [0.717, 1.165) is 15.8 Å². The van der Waals surface area contributed by atoms with Crippen LogP contribution in [0.4, 0.5) is 19.3 Å². The number of nitrogens with zero attached hydrogens (tertiary/aromatic N) is 2. The molecule has 1 heterocycles. The highest BCUT2D eigenvalue weighted by atomic mass is 19.3. The van der Waals surface area contributed by atoms with Crippen LogP contribution in [0.25, 0.3) is 0 Å². The molecule has 2 aromatic rings. The second-order valence-corrected chi connectivity index (χ2v) is 4.95. The molecule has 124 valence electrons. The first kappa shape index (κ1) is 16.9. The number of aromatic nitrogens is 2. The van der Waals surface area contributed by atoms with Crippen molar-refractivity contribution in [3.63, 3.8) is 0 Å². The zero-order valence-electron chi connectivity index (χ0n) is 12.4. The van der Waals surface area contributed by atoms with Crippen molar-refractivity contribution in [3.8, 4) is 0 Å². The fourth-order valence-corrected chi connectivity index (χ4v) is 1.98. The highest BCUT2D eigenvalue weighted by molar-refractivity contribution is 5.88. The molecule has 0 aliphatic rings. The number of anilines is 1. The van der Waals surface area contributed by atoms with Crippen molar-refractivity contribution in [1.29, 1.82) is 0 Å². The topological polar surface area (TPSA) is 79.2 Å². The molecule has 2 amide bonds. The average molecular weight is 324 g/mol. The van der Waals surface area contributed by atoms with E-state index in [1.54, 1.807) is 0 Å². The van der Waals surface area contributed by atoms with Crippen molar-refractivity contribution in [1.82, 2.24) is 15.1 Å². The number of carbonyl (C=O) groups excluding carboxylic acids is 1. The highest BCUT2D eigenvalue weighted by Gasteiger charge is 2.07. The Morgan fingerprint density at radius 1 is 1.26 bits per heavy atom. The summed E-state index contributed by atoms with van der Waals surface area (Å²) < 4.78 is 25.5. The molecule has 1 aromatic carbocycles. The van der Waals surface area contributed by atoms with Crippen LogP contribution in [-0.4, -0.2) is 33.9 Å². The van der Waals surface area contributed by atoms with Crippen LogP contribution in [0.3, 0.4) is 0 Å². The predicted octanol–water partition coefficient (Wildman–Crippen LogP) is 2.00. The number of aliphatic hydroxyl groups excluding tert-OH is 1. The monoisotopic (exact) mass is 324 g/mol. The molecule has 6 nitrogen and oxygen atoms in total. The first-order valence-corrected chi connectivity index (χ1v) is 7.11. The van der Waals surface area contributed by atoms with Crippen LogP contribution < -0.4 is 10.6 Å². The first-order valence-electron chi connectivity index (χ1n) is 7.11. The molecular formula is C15H18F2N4O2. The molecule has 8 heteroatoms. The second kappa shape index (κ2) is 8.23. The van der Waals surface area contributed by atoms with Gasteiger partial charge in [-0.25, -0.2) is 13.6 Å². The quantitative estimate of drug-likeness (QED) is 0.729. The number of hydrogen-bond acceptors (Lipinski definition) is 3. The molecule has 1 aromatic heterocycles. The van der Waals surface area contributed by atoms with Crippen LogP contribution in [0, 0.1) is 0 Å². The van der Waals surface area contributed by atoms with Gasteiger partial charge in [0.05, 0.1) is 18.5 Å². The molecule has 0 fully saturated rings. The summed E-state index contributed by atoms with van der Waals surface area (Å²) in [7, 11) is 0. The lowest BCUT2D eigenvalue weighted by atomic mass is 10.1. The summed E-state index contributed by atoms with van der Waals surface area (Å²) in [6.45, 7) is -0.0806. The van der Waals surface area contributed by atoms with Crippen LogP contribution in [0.1, 0.15) is 11.1 Å². The van der Waals surface area contributed by atoms with Crippen LogP contribution in [0.5, 0.6) is 0 Å². The smallest absolute Gasteiger partial charge is 0.319 e. The maximum Gasteiger partial charge on any atom is 0.319 e. The lowest BCUT2D eigenvalue weighted by molar-refractivity contribution is 0.122. The third-order valence-electron chi connectivity index (χ3n) is 3.12. The molecule has 0 spiro atoms. The molecule has 0 aliphatic heterocycles. The summed E-state index contributed by atoms with van der Waals surface area (Å²) in [5.41, 5.74) is 2.22. The number of nitrogens with one attached hydrogen (secondary N) is 2. The standard InChI is InChI=1S/C15H18F2N4O2/c16-14(17)9-21-8-13(7-19-21)20-15(23)18-6-5-11-1-3-12(10-22)4-2-11/h1-4,7-8,14,22H,5-6,9-10H2,(H2,18,20,23). The van der Waals surface area contributed by atoms with Gasteiger partial charge in [-0.15, -0.1) is 0 Å². The van der Waals surface area contributed by atoms with Crippen LogP contribution in [0.15, 0.2) is 36.7 Å². The fourth-order valence-electron chi connectivity index (χ4n) is 1.98. The minimum absolute atomic E-state index is 0.000176. The van der Waals surface area contributed by atoms with Gasteiger partial charge in [-0.05, 0) is 17.5 Å². The van der Waals surface area contributed by atoms with Crippen molar-refractivity contribution >= 4 is 11.7 Å². The molecule has 3 N–H and O–H groups in total. The molecule has 0 radical (unpaired) electrons. The molecule has 0 saturated heterocycles.